The van der Waals surface area contributed by atoms with Crippen molar-refractivity contribution >= 4 is 5.96 Å². The zero-order valence-electron chi connectivity index (χ0n) is 18.6. The standard InChI is InChI=1S/C22H38N4O3/c1-6-23-20(25-16-22(4,27)17-26-10-12-29-13-11-26)24-15-21(2,3)18-8-7-9-19(14-18)28-5/h7-9,14,27H,6,10-13,15-17H2,1-5H3,(H2,23,24,25). The van der Waals surface area contributed by atoms with Gasteiger partial charge in [-0.25, -0.2) is 0 Å². The molecule has 2 rings (SSSR count). The Hall–Kier alpha value is -1.83. The third-order valence-corrected chi connectivity index (χ3v) is 5.14. The molecule has 1 heterocycles. The van der Waals surface area contributed by atoms with Crippen molar-refractivity contribution in [3.8, 4) is 5.75 Å². The van der Waals surface area contributed by atoms with Crippen LogP contribution < -0.4 is 15.4 Å². The molecule has 0 radical (unpaired) electrons. The third-order valence-electron chi connectivity index (χ3n) is 5.14. The molecule has 164 valence electrons. The number of hydrogen-bond acceptors (Lipinski definition) is 5. The Morgan fingerprint density at radius 1 is 1.24 bits per heavy atom. The highest BCUT2D eigenvalue weighted by molar-refractivity contribution is 5.79. The van der Waals surface area contributed by atoms with Gasteiger partial charge in [-0.15, -0.1) is 0 Å². The lowest BCUT2D eigenvalue weighted by Crippen LogP contribution is -2.48. The van der Waals surface area contributed by atoms with Gasteiger partial charge in [-0.2, -0.15) is 0 Å². The van der Waals surface area contributed by atoms with Crippen molar-refractivity contribution in [1.82, 2.24) is 15.5 Å². The first-order valence-electron chi connectivity index (χ1n) is 10.4. The smallest absolute Gasteiger partial charge is 0.191 e. The number of nitrogens with one attached hydrogen (secondary N) is 2. The molecule has 7 heteroatoms. The zero-order chi connectivity index (χ0) is 21.3. The summed E-state index contributed by atoms with van der Waals surface area (Å²) in [5.41, 5.74) is 0.197. The summed E-state index contributed by atoms with van der Waals surface area (Å²) in [4.78, 5) is 6.87. The fourth-order valence-corrected chi connectivity index (χ4v) is 3.33. The summed E-state index contributed by atoms with van der Waals surface area (Å²) in [6.45, 7) is 13.8. The van der Waals surface area contributed by atoms with Crippen molar-refractivity contribution in [2.75, 3.05) is 59.6 Å². The molecule has 0 bridgehead atoms. The van der Waals surface area contributed by atoms with Crippen molar-refractivity contribution in [3.05, 3.63) is 29.8 Å². The predicted octanol–water partition coefficient (Wildman–Crippen LogP) is 1.61. The zero-order valence-corrected chi connectivity index (χ0v) is 18.6. The van der Waals surface area contributed by atoms with Gasteiger partial charge in [0.15, 0.2) is 5.96 Å². The molecular weight excluding hydrogens is 368 g/mol. The quantitative estimate of drug-likeness (QED) is 0.427. The minimum absolute atomic E-state index is 0.110. The molecule has 0 aromatic heterocycles. The van der Waals surface area contributed by atoms with Crippen molar-refractivity contribution in [3.63, 3.8) is 0 Å². The van der Waals surface area contributed by atoms with Crippen LogP contribution in [0, 0.1) is 0 Å². The maximum Gasteiger partial charge on any atom is 0.191 e. The van der Waals surface area contributed by atoms with Crippen LogP contribution in [-0.4, -0.2) is 81.2 Å². The van der Waals surface area contributed by atoms with E-state index in [1.54, 1.807) is 7.11 Å². The SMILES string of the molecule is CCNC(=NCC(C)(O)CN1CCOCC1)NCC(C)(C)c1cccc(OC)c1. The molecular formula is C22H38N4O3. The number of guanidine groups is 1. The van der Waals surface area contributed by atoms with Gasteiger partial charge in [-0.1, -0.05) is 26.0 Å². The molecule has 0 saturated carbocycles. The van der Waals surface area contributed by atoms with E-state index in [4.69, 9.17) is 9.47 Å². The van der Waals surface area contributed by atoms with Crippen molar-refractivity contribution < 1.29 is 14.6 Å². The van der Waals surface area contributed by atoms with Crippen LogP contribution in [0.5, 0.6) is 5.75 Å². The van der Waals surface area contributed by atoms with Crippen LogP contribution in [0.25, 0.3) is 0 Å². The molecule has 1 saturated heterocycles. The predicted molar refractivity (Wildman–Crippen MR) is 118 cm³/mol. The van der Waals surface area contributed by atoms with Crippen LogP contribution in [0.2, 0.25) is 0 Å². The number of ether oxygens (including phenoxy) is 2. The molecule has 1 fully saturated rings. The normalized spacial score (nSPS) is 18.2. The van der Waals surface area contributed by atoms with Crippen molar-refractivity contribution in [2.45, 2.75) is 38.7 Å². The lowest BCUT2D eigenvalue weighted by Gasteiger charge is -2.33. The highest BCUT2D eigenvalue weighted by Gasteiger charge is 2.26. The van der Waals surface area contributed by atoms with E-state index in [1.807, 2.05) is 26.0 Å². The summed E-state index contributed by atoms with van der Waals surface area (Å²) in [5.74, 6) is 1.57. The van der Waals surface area contributed by atoms with E-state index in [1.165, 1.54) is 5.56 Å². The van der Waals surface area contributed by atoms with Gasteiger partial charge in [0.2, 0.25) is 0 Å². The molecule has 29 heavy (non-hydrogen) atoms. The Morgan fingerprint density at radius 3 is 2.62 bits per heavy atom. The minimum Gasteiger partial charge on any atom is -0.497 e. The molecule has 1 aromatic rings. The number of aliphatic hydroxyl groups is 1. The average molecular weight is 407 g/mol. The second kappa shape index (κ2) is 10.8. The minimum atomic E-state index is -0.887. The van der Waals surface area contributed by atoms with Crippen molar-refractivity contribution in [2.24, 2.45) is 4.99 Å². The summed E-state index contributed by atoms with van der Waals surface area (Å²) in [6, 6.07) is 8.15. The van der Waals surface area contributed by atoms with Gasteiger partial charge >= 0.3 is 0 Å². The van der Waals surface area contributed by atoms with Crippen LogP contribution in [-0.2, 0) is 10.2 Å². The Morgan fingerprint density at radius 2 is 1.97 bits per heavy atom. The molecule has 1 unspecified atom stereocenters. The maximum atomic E-state index is 10.8. The first kappa shape index (κ1) is 23.4. The van der Waals surface area contributed by atoms with Gasteiger partial charge in [0.25, 0.3) is 0 Å². The summed E-state index contributed by atoms with van der Waals surface area (Å²) in [5, 5.41) is 17.5. The summed E-state index contributed by atoms with van der Waals surface area (Å²) in [7, 11) is 1.68. The Balaban J connectivity index is 1.96. The number of hydrogen-bond donors (Lipinski definition) is 3. The number of rotatable bonds is 9. The average Bonchev–Trinajstić information content (AvgIpc) is 2.70. The van der Waals surface area contributed by atoms with Gasteiger partial charge in [0.1, 0.15) is 5.75 Å². The van der Waals surface area contributed by atoms with Crippen LogP contribution >= 0.6 is 0 Å². The fourth-order valence-electron chi connectivity index (χ4n) is 3.33. The van der Waals surface area contributed by atoms with Gasteiger partial charge in [0, 0.05) is 38.1 Å². The maximum absolute atomic E-state index is 10.8. The lowest BCUT2D eigenvalue weighted by atomic mass is 9.84. The number of benzene rings is 1. The highest BCUT2D eigenvalue weighted by atomic mass is 16.5. The van der Waals surface area contributed by atoms with Gasteiger partial charge in [0.05, 0.1) is 32.5 Å². The first-order valence-corrected chi connectivity index (χ1v) is 10.4. The second-order valence-corrected chi connectivity index (χ2v) is 8.55. The third kappa shape index (κ3) is 7.84. The van der Waals surface area contributed by atoms with Crippen LogP contribution in [0.3, 0.4) is 0 Å². The Labute approximate surface area is 175 Å². The molecule has 7 nitrogen and oxygen atoms in total. The van der Waals surface area contributed by atoms with E-state index in [2.05, 4.69) is 46.5 Å². The Kier molecular flexibility index (Phi) is 8.74. The molecule has 0 amide bonds. The fraction of sp³-hybridized carbons (Fsp3) is 0.682. The van der Waals surface area contributed by atoms with E-state index in [0.717, 1.165) is 38.6 Å². The molecule has 1 atom stereocenters. The summed E-state index contributed by atoms with van der Waals surface area (Å²) in [6.07, 6.45) is 0. The molecule has 1 aliphatic heterocycles. The second-order valence-electron chi connectivity index (χ2n) is 8.55. The van der Waals surface area contributed by atoms with E-state index in [9.17, 15) is 5.11 Å². The number of methoxy groups -OCH3 is 1. The molecule has 1 aliphatic rings. The number of morpholine rings is 1. The van der Waals surface area contributed by atoms with Crippen LogP contribution in [0.15, 0.2) is 29.3 Å². The summed E-state index contributed by atoms with van der Waals surface area (Å²) >= 11 is 0. The summed E-state index contributed by atoms with van der Waals surface area (Å²) < 4.78 is 10.7. The number of aliphatic imine (C=N–C) groups is 1. The van der Waals surface area contributed by atoms with Crippen LogP contribution in [0.1, 0.15) is 33.3 Å². The molecule has 0 spiro atoms. The van der Waals surface area contributed by atoms with E-state index >= 15 is 0 Å². The number of β-amino-alcohol motifs (C(OH)–C–C–N with tert-alkyl or cyclic N) is 1. The lowest BCUT2D eigenvalue weighted by molar-refractivity contribution is -0.0180. The monoisotopic (exact) mass is 406 g/mol. The molecule has 3 N–H and O–H groups in total. The number of nitrogens with zero attached hydrogens (tertiary/aromatic N) is 2. The molecule has 1 aromatic carbocycles. The topological polar surface area (TPSA) is 78.4 Å². The van der Waals surface area contributed by atoms with E-state index in [0.29, 0.717) is 25.6 Å². The van der Waals surface area contributed by atoms with E-state index in [-0.39, 0.29) is 5.41 Å². The van der Waals surface area contributed by atoms with E-state index < -0.39 is 5.60 Å². The highest BCUT2D eigenvalue weighted by Crippen LogP contribution is 2.25. The van der Waals surface area contributed by atoms with Crippen molar-refractivity contribution in [1.29, 1.82) is 0 Å². The van der Waals surface area contributed by atoms with Crippen LogP contribution in [0.4, 0.5) is 0 Å². The largest absolute Gasteiger partial charge is 0.497 e. The van der Waals surface area contributed by atoms with Gasteiger partial charge in [-0.05, 0) is 31.5 Å². The van der Waals surface area contributed by atoms with Gasteiger partial charge < -0.3 is 25.2 Å². The molecule has 0 aliphatic carbocycles. The first-order chi connectivity index (χ1) is 13.8. The Bertz CT molecular complexity index is 655. The van der Waals surface area contributed by atoms with Gasteiger partial charge in [-0.3, -0.25) is 9.89 Å².